The van der Waals surface area contributed by atoms with Crippen molar-refractivity contribution in [3.05, 3.63) is 33.8 Å². The fourth-order valence-electron chi connectivity index (χ4n) is 1.70. The Kier molecular flexibility index (Phi) is 2.76. The van der Waals surface area contributed by atoms with E-state index in [-0.39, 0.29) is 0 Å². The number of hydrogen-bond acceptors (Lipinski definition) is 2. The smallest absolute Gasteiger partial charge is 0.121 e. The van der Waals surface area contributed by atoms with Gasteiger partial charge in [0.25, 0.3) is 0 Å². The highest BCUT2D eigenvalue weighted by Gasteiger charge is 2.12. The molecule has 4 heteroatoms. The van der Waals surface area contributed by atoms with Crippen molar-refractivity contribution in [2.24, 2.45) is 7.05 Å². The molecule has 1 aromatic heterocycles. The third-order valence-corrected chi connectivity index (χ3v) is 3.52. The van der Waals surface area contributed by atoms with Crippen molar-refractivity contribution in [2.45, 2.75) is 13.8 Å². The fourth-order valence-corrected chi connectivity index (χ4v) is 2.33. The van der Waals surface area contributed by atoms with Crippen molar-refractivity contribution in [1.82, 2.24) is 9.78 Å². The van der Waals surface area contributed by atoms with E-state index in [4.69, 9.17) is 5.73 Å². The van der Waals surface area contributed by atoms with E-state index in [0.29, 0.717) is 5.82 Å². The highest BCUT2D eigenvalue weighted by Crippen LogP contribution is 2.32. The summed E-state index contributed by atoms with van der Waals surface area (Å²) in [5, 5.41) is 4.40. The van der Waals surface area contributed by atoms with Gasteiger partial charge in [-0.2, -0.15) is 5.10 Å². The zero-order valence-electron chi connectivity index (χ0n) is 9.58. The number of halogens is 1. The lowest BCUT2D eigenvalue weighted by Crippen LogP contribution is -1.97. The fraction of sp³-hybridized carbons (Fsp3) is 0.250. The van der Waals surface area contributed by atoms with Crippen LogP contribution in [0.4, 0.5) is 5.82 Å². The Morgan fingerprint density at radius 2 is 2.00 bits per heavy atom. The molecule has 0 fully saturated rings. The molecule has 0 amide bonds. The van der Waals surface area contributed by atoms with Crippen molar-refractivity contribution in [3.8, 4) is 11.3 Å². The molecule has 0 aliphatic heterocycles. The van der Waals surface area contributed by atoms with E-state index in [1.54, 1.807) is 4.68 Å². The van der Waals surface area contributed by atoms with Gasteiger partial charge in [-0.05, 0) is 31.0 Å². The van der Waals surface area contributed by atoms with Gasteiger partial charge in [0.2, 0.25) is 0 Å². The van der Waals surface area contributed by atoms with E-state index in [0.717, 1.165) is 15.7 Å². The molecular formula is C12H14BrN3. The maximum absolute atomic E-state index is 5.80. The van der Waals surface area contributed by atoms with E-state index in [1.807, 2.05) is 19.2 Å². The minimum atomic E-state index is 0.669. The summed E-state index contributed by atoms with van der Waals surface area (Å²) in [4.78, 5) is 0. The van der Waals surface area contributed by atoms with Crippen LogP contribution in [0, 0.1) is 13.8 Å². The molecule has 0 spiro atoms. The molecule has 0 aliphatic carbocycles. The average molecular weight is 280 g/mol. The van der Waals surface area contributed by atoms with Crippen LogP contribution in [0.2, 0.25) is 0 Å². The molecule has 1 aromatic carbocycles. The summed E-state index contributed by atoms with van der Waals surface area (Å²) in [5.41, 5.74) is 10.3. The third-order valence-electron chi connectivity index (χ3n) is 2.86. The maximum atomic E-state index is 5.80. The Morgan fingerprint density at radius 3 is 2.56 bits per heavy atom. The number of nitrogen functional groups attached to an aromatic ring is 1. The lowest BCUT2D eigenvalue weighted by Gasteiger charge is -2.08. The molecule has 0 saturated carbocycles. The molecular weight excluding hydrogens is 266 g/mol. The first-order valence-corrected chi connectivity index (χ1v) is 5.85. The molecule has 0 bridgehead atoms. The summed E-state index contributed by atoms with van der Waals surface area (Å²) < 4.78 is 2.73. The highest BCUT2D eigenvalue weighted by atomic mass is 79.9. The number of nitrogens with two attached hydrogens (primary N) is 1. The SMILES string of the molecule is Cc1ccc(Br)c(-c2cc(N)n(C)n2)c1C. The van der Waals surface area contributed by atoms with Crippen molar-refractivity contribution < 1.29 is 0 Å². The molecule has 84 valence electrons. The summed E-state index contributed by atoms with van der Waals surface area (Å²) in [7, 11) is 1.85. The van der Waals surface area contributed by atoms with Crippen LogP contribution in [0.15, 0.2) is 22.7 Å². The second-order valence-electron chi connectivity index (χ2n) is 3.94. The molecule has 0 atom stereocenters. The predicted molar refractivity (Wildman–Crippen MR) is 70.2 cm³/mol. The Bertz CT molecular complexity index is 524. The minimum absolute atomic E-state index is 0.669. The van der Waals surface area contributed by atoms with E-state index in [2.05, 4.69) is 40.9 Å². The number of anilines is 1. The van der Waals surface area contributed by atoms with Gasteiger partial charge in [0.15, 0.2) is 0 Å². The summed E-state index contributed by atoms with van der Waals surface area (Å²) in [5.74, 6) is 0.669. The Morgan fingerprint density at radius 1 is 1.31 bits per heavy atom. The first-order chi connectivity index (χ1) is 7.50. The van der Waals surface area contributed by atoms with Crippen molar-refractivity contribution in [3.63, 3.8) is 0 Å². The van der Waals surface area contributed by atoms with E-state index in [1.165, 1.54) is 11.1 Å². The van der Waals surface area contributed by atoms with Crippen LogP contribution in [0.1, 0.15) is 11.1 Å². The molecule has 2 aromatic rings. The average Bonchev–Trinajstić information content (AvgIpc) is 2.54. The van der Waals surface area contributed by atoms with Gasteiger partial charge in [0, 0.05) is 23.2 Å². The third kappa shape index (κ3) is 1.73. The molecule has 16 heavy (non-hydrogen) atoms. The first-order valence-electron chi connectivity index (χ1n) is 5.06. The second kappa shape index (κ2) is 3.94. The Hall–Kier alpha value is -1.29. The molecule has 0 radical (unpaired) electrons. The standard InChI is InChI=1S/C12H14BrN3/c1-7-4-5-9(13)12(8(7)2)10-6-11(14)16(3)15-10/h4-6H,14H2,1-3H3. The monoisotopic (exact) mass is 279 g/mol. The van der Waals surface area contributed by atoms with Crippen LogP contribution in [0.25, 0.3) is 11.3 Å². The van der Waals surface area contributed by atoms with Gasteiger partial charge in [-0.15, -0.1) is 0 Å². The number of hydrogen-bond donors (Lipinski definition) is 1. The number of aromatic nitrogens is 2. The lowest BCUT2D eigenvalue weighted by atomic mass is 10.0. The minimum Gasteiger partial charge on any atom is -0.384 e. The molecule has 2 rings (SSSR count). The van der Waals surface area contributed by atoms with Crippen LogP contribution >= 0.6 is 15.9 Å². The van der Waals surface area contributed by atoms with Gasteiger partial charge in [-0.25, -0.2) is 0 Å². The Labute approximate surface area is 103 Å². The molecule has 1 heterocycles. The number of benzene rings is 1. The number of aryl methyl sites for hydroxylation is 2. The highest BCUT2D eigenvalue weighted by molar-refractivity contribution is 9.10. The lowest BCUT2D eigenvalue weighted by molar-refractivity contribution is 0.782. The van der Waals surface area contributed by atoms with Gasteiger partial charge < -0.3 is 5.73 Å². The molecule has 0 saturated heterocycles. The molecule has 0 aliphatic rings. The molecule has 0 unspecified atom stereocenters. The van der Waals surface area contributed by atoms with Gasteiger partial charge in [-0.1, -0.05) is 22.0 Å². The van der Waals surface area contributed by atoms with E-state index in [9.17, 15) is 0 Å². The van der Waals surface area contributed by atoms with Crippen molar-refractivity contribution >= 4 is 21.7 Å². The van der Waals surface area contributed by atoms with Gasteiger partial charge in [-0.3, -0.25) is 4.68 Å². The van der Waals surface area contributed by atoms with Crippen LogP contribution in [0.3, 0.4) is 0 Å². The van der Waals surface area contributed by atoms with Crippen molar-refractivity contribution in [2.75, 3.05) is 5.73 Å². The largest absolute Gasteiger partial charge is 0.384 e. The van der Waals surface area contributed by atoms with Crippen LogP contribution in [0.5, 0.6) is 0 Å². The van der Waals surface area contributed by atoms with E-state index >= 15 is 0 Å². The Balaban J connectivity index is 2.68. The summed E-state index contributed by atoms with van der Waals surface area (Å²) in [6.45, 7) is 4.19. The zero-order chi connectivity index (χ0) is 11.9. The summed E-state index contributed by atoms with van der Waals surface area (Å²) in [6.07, 6.45) is 0. The number of nitrogens with zero attached hydrogens (tertiary/aromatic N) is 2. The molecule has 2 N–H and O–H groups in total. The normalized spacial score (nSPS) is 10.8. The van der Waals surface area contributed by atoms with Gasteiger partial charge >= 0.3 is 0 Å². The summed E-state index contributed by atoms with van der Waals surface area (Å²) >= 11 is 3.56. The van der Waals surface area contributed by atoms with Gasteiger partial charge in [0.1, 0.15) is 5.82 Å². The first kappa shape index (κ1) is 11.2. The molecule has 3 nitrogen and oxygen atoms in total. The zero-order valence-corrected chi connectivity index (χ0v) is 11.2. The number of rotatable bonds is 1. The van der Waals surface area contributed by atoms with Crippen LogP contribution in [-0.2, 0) is 7.05 Å². The van der Waals surface area contributed by atoms with Crippen molar-refractivity contribution in [1.29, 1.82) is 0 Å². The summed E-state index contributed by atoms with van der Waals surface area (Å²) in [6, 6.07) is 6.03. The van der Waals surface area contributed by atoms with E-state index < -0.39 is 0 Å². The van der Waals surface area contributed by atoms with Crippen LogP contribution < -0.4 is 5.73 Å². The van der Waals surface area contributed by atoms with Crippen LogP contribution in [-0.4, -0.2) is 9.78 Å². The predicted octanol–water partition coefficient (Wildman–Crippen LogP) is 3.05. The topological polar surface area (TPSA) is 43.8 Å². The maximum Gasteiger partial charge on any atom is 0.121 e. The van der Waals surface area contributed by atoms with Gasteiger partial charge in [0.05, 0.1) is 5.69 Å². The second-order valence-corrected chi connectivity index (χ2v) is 4.80. The quantitative estimate of drug-likeness (QED) is 0.872.